The number of carbonyl (C=O) groups excluding carboxylic acids is 2. The van der Waals surface area contributed by atoms with Crippen molar-refractivity contribution in [3.63, 3.8) is 0 Å². The molecule has 6 nitrogen and oxygen atoms in total. The van der Waals surface area contributed by atoms with Gasteiger partial charge in [0.2, 0.25) is 17.7 Å². The lowest BCUT2D eigenvalue weighted by Crippen LogP contribution is -2.49. The number of ether oxygens (including phenoxy) is 1. The van der Waals surface area contributed by atoms with Crippen molar-refractivity contribution in [3.8, 4) is 5.88 Å². The number of hydrogen-bond donors (Lipinski definition) is 1. The molecule has 2 fully saturated rings. The van der Waals surface area contributed by atoms with E-state index >= 15 is 0 Å². The number of aromatic nitrogens is 1. The summed E-state index contributed by atoms with van der Waals surface area (Å²) >= 11 is 0. The highest BCUT2D eigenvalue weighted by Gasteiger charge is 2.33. The van der Waals surface area contributed by atoms with E-state index in [2.05, 4.69) is 10.3 Å². The minimum atomic E-state index is -0.330. The second-order valence-electron chi connectivity index (χ2n) is 5.92. The van der Waals surface area contributed by atoms with Crippen molar-refractivity contribution in [3.05, 3.63) is 23.9 Å². The van der Waals surface area contributed by atoms with E-state index in [0.717, 1.165) is 18.5 Å². The summed E-state index contributed by atoms with van der Waals surface area (Å²) in [6, 6.07) is 5.39. The van der Waals surface area contributed by atoms with Crippen LogP contribution in [0.15, 0.2) is 18.2 Å². The highest BCUT2D eigenvalue weighted by molar-refractivity contribution is 5.90. The van der Waals surface area contributed by atoms with Gasteiger partial charge in [0.1, 0.15) is 12.1 Å². The Morgan fingerprint density at radius 2 is 2.09 bits per heavy atom. The molecule has 3 heterocycles. The molecule has 0 aromatic carbocycles. The second-order valence-corrected chi connectivity index (χ2v) is 5.92. The molecule has 0 radical (unpaired) electrons. The third-order valence-electron chi connectivity index (χ3n) is 4.20. The number of aryl methyl sites for hydroxylation is 1. The number of nitrogens with zero attached hydrogens (tertiary/aromatic N) is 2. The summed E-state index contributed by atoms with van der Waals surface area (Å²) in [5.74, 6) is 0.660. The van der Waals surface area contributed by atoms with Crippen LogP contribution in [0.4, 0.5) is 0 Å². The first-order valence-electron chi connectivity index (χ1n) is 7.80. The third-order valence-corrected chi connectivity index (χ3v) is 4.20. The van der Waals surface area contributed by atoms with Crippen molar-refractivity contribution >= 4 is 11.8 Å². The zero-order valence-corrected chi connectivity index (χ0v) is 12.7. The molecule has 2 saturated heterocycles. The molecule has 6 heteroatoms. The minimum absolute atomic E-state index is 0.0258. The number of nitrogens with one attached hydrogen (secondary N) is 1. The Hall–Kier alpha value is -2.11. The molecule has 0 saturated carbocycles. The highest BCUT2D eigenvalue weighted by Crippen LogP contribution is 2.19. The molecule has 0 aliphatic carbocycles. The van der Waals surface area contributed by atoms with Crippen LogP contribution in [0, 0.1) is 6.92 Å². The summed E-state index contributed by atoms with van der Waals surface area (Å²) in [5.41, 5.74) is 0.932. The minimum Gasteiger partial charge on any atom is -0.474 e. The van der Waals surface area contributed by atoms with Gasteiger partial charge in [0.25, 0.3) is 0 Å². The fourth-order valence-electron chi connectivity index (χ4n) is 2.97. The zero-order chi connectivity index (χ0) is 15.5. The summed E-state index contributed by atoms with van der Waals surface area (Å²) < 4.78 is 5.89. The lowest BCUT2D eigenvalue weighted by Gasteiger charge is -2.33. The van der Waals surface area contributed by atoms with Crippen molar-refractivity contribution in [2.45, 2.75) is 44.8 Å². The molecular formula is C16H21N3O3. The van der Waals surface area contributed by atoms with Crippen LogP contribution in [0.3, 0.4) is 0 Å². The smallest absolute Gasteiger partial charge is 0.245 e. The van der Waals surface area contributed by atoms with Crippen LogP contribution in [0.25, 0.3) is 0 Å². The van der Waals surface area contributed by atoms with Gasteiger partial charge in [0, 0.05) is 44.1 Å². The molecule has 0 spiro atoms. The Kier molecular flexibility index (Phi) is 4.27. The van der Waals surface area contributed by atoms with Gasteiger partial charge in [-0.2, -0.15) is 0 Å². The van der Waals surface area contributed by atoms with Gasteiger partial charge >= 0.3 is 0 Å². The molecule has 0 bridgehead atoms. The van der Waals surface area contributed by atoms with Crippen LogP contribution < -0.4 is 10.1 Å². The number of likely N-dealkylation sites (tertiary alicyclic amines) is 1. The number of hydrogen-bond acceptors (Lipinski definition) is 4. The lowest BCUT2D eigenvalue weighted by molar-refractivity contribution is -0.136. The summed E-state index contributed by atoms with van der Waals surface area (Å²) in [5, 5.41) is 2.74. The first-order valence-corrected chi connectivity index (χ1v) is 7.80. The van der Waals surface area contributed by atoms with E-state index in [1.54, 1.807) is 0 Å². The Bertz CT molecular complexity index is 568. The van der Waals surface area contributed by atoms with E-state index in [1.807, 2.05) is 30.0 Å². The molecule has 1 atom stereocenters. The average molecular weight is 303 g/mol. The SMILES string of the molecule is Cc1cccc(OC2CCN(C(=O)C3CCC(=O)N3)CC2)n1. The monoisotopic (exact) mass is 303 g/mol. The van der Waals surface area contributed by atoms with Crippen molar-refractivity contribution in [1.82, 2.24) is 15.2 Å². The molecular weight excluding hydrogens is 282 g/mol. The van der Waals surface area contributed by atoms with Gasteiger partial charge < -0.3 is 15.0 Å². The predicted octanol–water partition coefficient (Wildman–Crippen LogP) is 1.04. The van der Waals surface area contributed by atoms with Crippen molar-refractivity contribution in [1.29, 1.82) is 0 Å². The molecule has 1 unspecified atom stereocenters. The summed E-state index contributed by atoms with van der Waals surface area (Å²) in [6.45, 7) is 3.27. The van der Waals surface area contributed by atoms with Crippen LogP contribution in [-0.4, -0.2) is 46.9 Å². The van der Waals surface area contributed by atoms with E-state index in [9.17, 15) is 9.59 Å². The predicted molar refractivity (Wildman–Crippen MR) is 80.4 cm³/mol. The largest absolute Gasteiger partial charge is 0.474 e. The summed E-state index contributed by atoms with van der Waals surface area (Å²) in [4.78, 5) is 29.7. The molecule has 1 aromatic rings. The van der Waals surface area contributed by atoms with E-state index in [4.69, 9.17) is 4.74 Å². The molecule has 3 rings (SSSR count). The lowest BCUT2D eigenvalue weighted by atomic mass is 10.1. The molecule has 2 aliphatic rings. The van der Waals surface area contributed by atoms with E-state index in [-0.39, 0.29) is 24.0 Å². The standard InChI is InChI=1S/C16H21N3O3/c1-11-3-2-4-15(17-11)22-12-7-9-19(10-8-12)16(21)13-5-6-14(20)18-13/h2-4,12-13H,5-10H2,1H3,(H,18,20). The van der Waals surface area contributed by atoms with Crippen molar-refractivity contribution in [2.75, 3.05) is 13.1 Å². The maximum Gasteiger partial charge on any atom is 0.245 e. The van der Waals surface area contributed by atoms with Gasteiger partial charge in [-0.25, -0.2) is 4.98 Å². The first-order chi connectivity index (χ1) is 10.6. The fourth-order valence-corrected chi connectivity index (χ4v) is 2.97. The topological polar surface area (TPSA) is 71.5 Å². The van der Waals surface area contributed by atoms with Gasteiger partial charge in [0.05, 0.1) is 0 Å². The van der Waals surface area contributed by atoms with Crippen molar-refractivity contribution < 1.29 is 14.3 Å². The van der Waals surface area contributed by atoms with Crippen LogP contribution in [0.1, 0.15) is 31.4 Å². The van der Waals surface area contributed by atoms with Crippen LogP contribution in [-0.2, 0) is 9.59 Å². The Morgan fingerprint density at radius 3 is 2.73 bits per heavy atom. The van der Waals surface area contributed by atoms with E-state index in [0.29, 0.717) is 31.8 Å². The Morgan fingerprint density at radius 1 is 1.32 bits per heavy atom. The van der Waals surface area contributed by atoms with Gasteiger partial charge in [-0.15, -0.1) is 0 Å². The summed E-state index contributed by atoms with van der Waals surface area (Å²) in [6.07, 6.45) is 2.75. The Labute approximate surface area is 129 Å². The molecule has 1 aromatic heterocycles. The zero-order valence-electron chi connectivity index (χ0n) is 12.7. The normalized spacial score (nSPS) is 22.5. The Balaban J connectivity index is 1.50. The van der Waals surface area contributed by atoms with Crippen LogP contribution >= 0.6 is 0 Å². The molecule has 2 amide bonds. The molecule has 118 valence electrons. The fraction of sp³-hybridized carbons (Fsp3) is 0.562. The van der Waals surface area contributed by atoms with Gasteiger partial charge in [-0.1, -0.05) is 6.07 Å². The molecule has 1 N–H and O–H groups in total. The number of piperidine rings is 1. The van der Waals surface area contributed by atoms with Crippen LogP contribution in [0.5, 0.6) is 5.88 Å². The van der Waals surface area contributed by atoms with Gasteiger partial charge in [0.15, 0.2) is 0 Å². The average Bonchev–Trinajstić information content (AvgIpc) is 2.94. The van der Waals surface area contributed by atoms with E-state index < -0.39 is 0 Å². The maximum atomic E-state index is 12.3. The van der Waals surface area contributed by atoms with Crippen molar-refractivity contribution in [2.24, 2.45) is 0 Å². The summed E-state index contributed by atoms with van der Waals surface area (Å²) in [7, 11) is 0. The van der Waals surface area contributed by atoms with E-state index in [1.165, 1.54) is 0 Å². The highest BCUT2D eigenvalue weighted by atomic mass is 16.5. The molecule has 22 heavy (non-hydrogen) atoms. The first kappa shape index (κ1) is 14.8. The molecule has 2 aliphatic heterocycles. The maximum absolute atomic E-state index is 12.3. The van der Waals surface area contributed by atoms with Crippen LogP contribution in [0.2, 0.25) is 0 Å². The number of rotatable bonds is 3. The number of carbonyl (C=O) groups is 2. The third kappa shape index (κ3) is 3.37. The quantitative estimate of drug-likeness (QED) is 0.905. The number of pyridine rings is 1. The van der Waals surface area contributed by atoms with Gasteiger partial charge in [-0.3, -0.25) is 9.59 Å². The van der Waals surface area contributed by atoms with Gasteiger partial charge in [-0.05, 0) is 19.4 Å². The second kappa shape index (κ2) is 6.34. The number of amides is 2.